The number of nitrogens with zero attached hydrogens (tertiary/aromatic N) is 6. The molecule has 1 amide bonds. The minimum absolute atomic E-state index is 0.00581. The number of ether oxygens (including phenoxy) is 2. The Bertz CT molecular complexity index is 2880. The summed E-state index contributed by atoms with van der Waals surface area (Å²) in [7, 11) is -2.52. The molecular weight excluding hydrogens is 845 g/mol. The second-order valence-corrected chi connectivity index (χ2v) is 17.2. The maximum atomic E-state index is 15.5. The number of carbonyl (C=O) groups is 1. The van der Waals surface area contributed by atoms with Crippen molar-refractivity contribution in [3.63, 3.8) is 0 Å². The van der Waals surface area contributed by atoms with E-state index in [0.29, 0.717) is 27.8 Å². The van der Waals surface area contributed by atoms with Gasteiger partial charge in [0.1, 0.15) is 35.4 Å². The Labute approximate surface area is 349 Å². The van der Waals surface area contributed by atoms with Gasteiger partial charge in [-0.2, -0.15) is 18.2 Å². The van der Waals surface area contributed by atoms with Gasteiger partial charge in [-0.1, -0.05) is 6.07 Å². The summed E-state index contributed by atoms with van der Waals surface area (Å²) in [6.07, 6.45) is -2.08. The van der Waals surface area contributed by atoms with Crippen LogP contribution in [0, 0.1) is 17.6 Å². The lowest BCUT2D eigenvalue weighted by molar-refractivity contribution is -0.123. The second kappa shape index (κ2) is 15.7. The number of methoxy groups -OCH3 is 1. The van der Waals surface area contributed by atoms with Crippen molar-refractivity contribution < 1.29 is 49.0 Å². The molecule has 3 aromatic heterocycles. The fourth-order valence-electron chi connectivity index (χ4n) is 8.37. The number of morpholine rings is 1. The number of benzene rings is 3. The van der Waals surface area contributed by atoms with Crippen LogP contribution in [-0.2, 0) is 38.4 Å². The molecule has 0 radical (unpaired) electrons. The Kier molecular flexibility index (Phi) is 10.4. The number of hydrogen-bond acceptors (Lipinski definition) is 9. The van der Waals surface area contributed by atoms with Crippen molar-refractivity contribution in [3.05, 3.63) is 129 Å². The highest BCUT2D eigenvalue weighted by atomic mass is 32.2. The fourth-order valence-corrected chi connectivity index (χ4v) is 9.77. The highest BCUT2D eigenvalue weighted by Gasteiger charge is 2.67. The van der Waals surface area contributed by atoms with Gasteiger partial charge in [0.15, 0.2) is 0 Å². The third kappa shape index (κ3) is 7.38. The first-order valence-corrected chi connectivity index (χ1v) is 20.8. The molecule has 4 heterocycles. The molecule has 0 bridgehead atoms. The van der Waals surface area contributed by atoms with Crippen LogP contribution in [-0.4, -0.2) is 76.4 Å². The van der Waals surface area contributed by atoms with Crippen molar-refractivity contribution in [1.29, 1.82) is 0 Å². The summed E-state index contributed by atoms with van der Waals surface area (Å²) in [4.78, 5) is 37.7. The standard InChI is InChI=1S/C42H35F6N7O6S/c1-60-35-9-3-24(20-49-35)23-2-8-29-32(17-23)51-40(55(41(29)57)27-4-6-28(7-5-27)62(58,59)53-10-12-61-13-11-53)33(16-22-14-25(43)18-26(44)15-22)50-34(56)21-54-38-36(37(52-54)39(45)46)30-19-31(30)42(38,47)48/h2-9,14-15,17-18,20,30-31,33,39H,10-13,16,19,21H2,1H3,(H,50,56)/t30-,31+,33-/m0/s1. The molecule has 1 saturated carbocycles. The van der Waals surface area contributed by atoms with Crippen molar-refractivity contribution in [2.75, 3.05) is 33.4 Å². The van der Waals surface area contributed by atoms with Gasteiger partial charge in [-0.05, 0) is 78.1 Å². The zero-order valence-electron chi connectivity index (χ0n) is 32.6. The van der Waals surface area contributed by atoms with E-state index in [1.807, 2.05) is 0 Å². The Morgan fingerprint density at radius 2 is 1.69 bits per heavy atom. The fraction of sp³-hybridized carbons (Fsp3) is 0.310. The largest absolute Gasteiger partial charge is 0.481 e. The molecule has 2 aliphatic carbocycles. The van der Waals surface area contributed by atoms with Crippen LogP contribution in [0.5, 0.6) is 5.88 Å². The molecule has 3 aromatic carbocycles. The number of rotatable bonds is 12. The highest BCUT2D eigenvalue weighted by molar-refractivity contribution is 7.89. The predicted molar refractivity (Wildman–Crippen MR) is 210 cm³/mol. The average Bonchev–Trinajstić information content (AvgIpc) is 3.91. The maximum absolute atomic E-state index is 15.5. The molecule has 1 N–H and O–H groups in total. The Hall–Kier alpha value is -6.12. The maximum Gasteiger partial charge on any atom is 0.293 e. The lowest BCUT2D eigenvalue weighted by atomic mass is 10.0. The van der Waals surface area contributed by atoms with Crippen molar-refractivity contribution >= 4 is 26.8 Å². The minimum atomic E-state index is -3.98. The molecule has 0 spiro atoms. The summed E-state index contributed by atoms with van der Waals surface area (Å²) in [5, 5.41) is 6.48. The lowest BCUT2D eigenvalue weighted by Gasteiger charge is -2.26. The molecule has 3 atom stereocenters. The first-order chi connectivity index (χ1) is 29.6. The third-order valence-corrected chi connectivity index (χ3v) is 13.3. The second-order valence-electron chi connectivity index (χ2n) is 15.2. The molecule has 1 aliphatic heterocycles. The van der Waals surface area contributed by atoms with Gasteiger partial charge in [0.2, 0.25) is 21.8 Å². The van der Waals surface area contributed by atoms with Gasteiger partial charge < -0.3 is 14.8 Å². The summed E-state index contributed by atoms with van der Waals surface area (Å²) < 4.78 is 129. The van der Waals surface area contributed by atoms with E-state index in [1.165, 1.54) is 47.9 Å². The number of aromatic nitrogens is 5. The van der Waals surface area contributed by atoms with E-state index in [-0.39, 0.29) is 71.2 Å². The van der Waals surface area contributed by atoms with Gasteiger partial charge in [0.05, 0.1) is 47.9 Å². The van der Waals surface area contributed by atoms with Gasteiger partial charge in [0.25, 0.3) is 17.9 Å². The van der Waals surface area contributed by atoms with Gasteiger partial charge in [-0.25, -0.2) is 35.9 Å². The van der Waals surface area contributed by atoms with Gasteiger partial charge in [-0.3, -0.25) is 18.8 Å². The molecule has 6 aromatic rings. The molecule has 13 nitrogen and oxygen atoms in total. The quantitative estimate of drug-likeness (QED) is 0.142. The molecule has 0 unspecified atom stereocenters. The van der Waals surface area contributed by atoms with Crippen LogP contribution in [0.15, 0.2) is 88.7 Å². The molecule has 3 aliphatic rings. The van der Waals surface area contributed by atoms with Crippen LogP contribution in [0.4, 0.5) is 26.3 Å². The molecular formula is C42H35F6N7O6S. The van der Waals surface area contributed by atoms with Crippen molar-refractivity contribution in [2.24, 2.45) is 5.92 Å². The SMILES string of the molecule is COc1ccc(-c2ccc3c(=O)n(-c4ccc(S(=O)(=O)N5CCOCC5)cc4)c([C@H](Cc4cc(F)cc(F)c4)NC(=O)Cn4nc(C(F)F)c5c4C(F)(F)[C@@H]4C[C@H]54)nc3c2)cn1. The number of alkyl halides is 4. The monoisotopic (exact) mass is 879 g/mol. The lowest BCUT2D eigenvalue weighted by Crippen LogP contribution is -2.40. The summed E-state index contributed by atoms with van der Waals surface area (Å²) in [5.41, 5.74) is -1.22. The van der Waals surface area contributed by atoms with E-state index in [1.54, 1.807) is 24.3 Å². The predicted octanol–water partition coefficient (Wildman–Crippen LogP) is 6.20. The number of sulfonamides is 1. The number of amides is 1. The van der Waals surface area contributed by atoms with E-state index in [9.17, 15) is 35.6 Å². The summed E-state index contributed by atoms with van der Waals surface area (Å²) >= 11 is 0. The van der Waals surface area contributed by atoms with Gasteiger partial charge >= 0.3 is 0 Å². The molecule has 322 valence electrons. The van der Waals surface area contributed by atoms with E-state index in [0.717, 1.165) is 16.7 Å². The van der Waals surface area contributed by atoms with E-state index >= 15 is 8.78 Å². The Balaban J connectivity index is 1.18. The van der Waals surface area contributed by atoms with Crippen LogP contribution in [0.3, 0.4) is 0 Å². The van der Waals surface area contributed by atoms with Crippen LogP contribution < -0.4 is 15.6 Å². The van der Waals surface area contributed by atoms with Gasteiger partial charge in [0, 0.05) is 54.9 Å². The van der Waals surface area contributed by atoms with Crippen molar-refractivity contribution in [3.8, 4) is 22.7 Å². The topological polar surface area (TPSA) is 151 Å². The van der Waals surface area contributed by atoms with Gasteiger partial charge in [-0.15, -0.1) is 0 Å². The molecule has 9 rings (SSSR count). The van der Waals surface area contributed by atoms with Crippen molar-refractivity contribution in [2.45, 2.75) is 48.6 Å². The number of nitrogens with one attached hydrogen (secondary N) is 1. The van der Waals surface area contributed by atoms with Crippen LogP contribution in [0.1, 0.15) is 53.1 Å². The molecule has 2 fully saturated rings. The minimum Gasteiger partial charge on any atom is -0.481 e. The van der Waals surface area contributed by atoms with E-state index in [4.69, 9.17) is 14.5 Å². The number of hydrogen-bond donors (Lipinski definition) is 1. The normalized spacial score (nSPS) is 18.7. The molecule has 20 heteroatoms. The van der Waals surface area contributed by atoms with Crippen LogP contribution in [0.2, 0.25) is 0 Å². The van der Waals surface area contributed by atoms with Crippen molar-refractivity contribution in [1.82, 2.24) is 33.9 Å². The first kappa shape index (κ1) is 41.2. The number of fused-ring (bicyclic) bond motifs is 4. The smallest absolute Gasteiger partial charge is 0.293 e. The highest BCUT2D eigenvalue weighted by Crippen LogP contribution is 2.68. The summed E-state index contributed by atoms with van der Waals surface area (Å²) in [6, 6.07) is 14.6. The molecule has 1 saturated heterocycles. The van der Waals surface area contributed by atoms with E-state index < -0.39 is 87.7 Å². The summed E-state index contributed by atoms with van der Waals surface area (Å²) in [6.45, 7) is -0.293. The van der Waals surface area contributed by atoms with E-state index in [2.05, 4.69) is 15.4 Å². The third-order valence-electron chi connectivity index (χ3n) is 11.3. The average molecular weight is 880 g/mol. The Morgan fingerprint density at radius 1 is 0.984 bits per heavy atom. The zero-order valence-corrected chi connectivity index (χ0v) is 33.4. The number of pyridine rings is 1. The Morgan fingerprint density at radius 3 is 2.35 bits per heavy atom. The number of carbonyl (C=O) groups excluding carboxylic acids is 1. The first-order valence-electron chi connectivity index (χ1n) is 19.4. The summed E-state index contributed by atoms with van der Waals surface area (Å²) in [5.74, 6) is -8.35. The van der Waals surface area contributed by atoms with Crippen LogP contribution >= 0.6 is 0 Å². The number of halogens is 6. The van der Waals surface area contributed by atoms with Crippen LogP contribution in [0.25, 0.3) is 27.7 Å². The zero-order chi connectivity index (χ0) is 43.7. The molecule has 62 heavy (non-hydrogen) atoms.